The fourth-order valence-electron chi connectivity index (χ4n) is 6.04. The van der Waals surface area contributed by atoms with Crippen LogP contribution < -0.4 is 15.0 Å². The molecule has 1 aliphatic carbocycles. The van der Waals surface area contributed by atoms with Crippen molar-refractivity contribution in [2.24, 2.45) is 0 Å². The number of hydrogen-bond acceptors (Lipinski definition) is 6. The Morgan fingerprint density at radius 3 is 2.80 bits per heavy atom. The Hall–Kier alpha value is -2.61. The highest BCUT2D eigenvalue weighted by Crippen LogP contribution is 2.46. The smallest absolute Gasteiger partial charge is 0.235 e. The second-order valence-electron chi connectivity index (χ2n) is 10.3. The first-order valence-electron chi connectivity index (χ1n) is 12.5. The molecule has 2 N–H and O–H groups in total. The van der Waals surface area contributed by atoms with Crippen LogP contribution in [-0.4, -0.2) is 59.3 Å². The number of carbonyl (C=O) groups excluding carboxylic acids is 1. The van der Waals surface area contributed by atoms with E-state index in [0.717, 1.165) is 86.7 Å². The summed E-state index contributed by atoms with van der Waals surface area (Å²) in [4.78, 5) is 22.1. The Morgan fingerprint density at radius 2 is 2.03 bits per heavy atom. The number of amides is 1. The van der Waals surface area contributed by atoms with Crippen molar-refractivity contribution in [3.8, 4) is 5.75 Å². The number of anilines is 2. The molecule has 2 fully saturated rings. The summed E-state index contributed by atoms with van der Waals surface area (Å²) in [5.41, 5.74) is 3.73. The first kappa shape index (κ1) is 22.8. The number of halogens is 1. The van der Waals surface area contributed by atoms with Gasteiger partial charge < -0.3 is 20.1 Å². The van der Waals surface area contributed by atoms with E-state index in [1.54, 1.807) is 6.20 Å². The topological polar surface area (TPSA) is 77.9 Å². The highest BCUT2D eigenvalue weighted by molar-refractivity contribution is 6.31. The molecule has 3 aliphatic heterocycles. The fraction of sp³-hybridized carbons (Fsp3) is 0.481. The van der Waals surface area contributed by atoms with Crippen molar-refractivity contribution in [2.45, 2.75) is 56.1 Å². The van der Waals surface area contributed by atoms with Crippen molar-refractivity contribution >= 4 is 29.0 Å². The number of hydrogen-bond donors (Lipinski definition) is 2. The molecular formula is C27H31ClN4O3. The maximum atomic E-state index is 12.8. The molecule has 1 saturated heterocycles. The van der Waals surface area contributed by atoms with Crippen LogP contribution in [0.15, 0.2) is 42.7 Å². The number of rotatable bonds is 5. The van der Waals surface area contributed by atoms with Crippen LogP contribution >= 0.6 is 11.6 Å². The van der Waals surface area contributed by atoms with Gasteiger partial charge >= 0.3 is 0 Å². The number of carbonyl (C=O) groups is 1. The predicted octanol–water partition coefficient (Wildman–Crippen LogP) is 3.89. The predicted molar refractivity (Wildman–Crippen MR) is 136 cm³/mol. The van der Waals surface area contributed by atoms with Crippen LogP contribution in [-0.2, 0) is 16.6 Å². The Balaban J connectivity index is 1.05. The standard InChI is InChI=1S/C27H31ClN4O3/c1-17-2-3-18-12-22(16-29-25(18)32(17)20-14-21(33)15-20)35-11-10-31-8-6-27(7-9-31)23-13-19(28)4-5-24(23)30-26(27)34/h4-5,12-13,16,20-21,33H,1-3,6-11,14-15H2,(H,30,34)/t20-,21+. The Kier molecular flexibility index (Phi) is 5.74. The number of fused-ring (bicyclic) bond motifs is 3. The van der Waals surface area contributed by atoms with E-state index in [1.807, 2.05) is 18.2 Å². The molecule has 35 heavy (non-hydrogen) atoms. The summed E-state index contributed by atoms with van der Waals surface area (Å²) in [5, 5.41) is 13.4. The van der Waals surface area contributed by atoms with Gasteiger partial charge in [-0.3, -0.25) is 9.69 Å². The molecule has 0 radical (unpaired) electrons. The number of pyridine rings is 1. The van der Waals surface area contributed by atoms with Gasteiger partial charge in [0.25, 0.3) is 0 Å². The zero-order chi connectivity index (χ0) is 24.2. The number of piperidine rings is 1. The number of aliphatic hydroxyl groups is 1. The lowest BCUT2D eigenvalue weighted by Crippen LogP contribution is -2.48. The summed E-state index contributed by atoms with van der Waals surface area (Å²) in [6, 6.07) is 8.07. The molecule has 6 rings (SSSR count). The lowest BCUT2D eigenvalue weighted by atomic mass is 9.73. The van der Waals surface area contributed by atoms with E-state index in [1.165, 1.54) is 5.56 Å². The number of likely N-dealkylation sites (tertiary alicyclic amines) is 1. The Labute approximate surface area is 210 Å². The second-order valence-corrected chi connectivity index (χ2v) is 10.7. The number of aryl methyl sites for hydroxylation is 1. The third kappa shape index (κ3) is 3.99. The van der Waals surface area contributed by atoms with Crippen LogP contribution in [0, 0.1) is 0 Å². The third-order valence-corrected chi connectivity index (χ3v) is 8.42. The highest BCUT2D eigenvalue weighted by atomic mass is 35.5. The average molecular weight is 495 g/mol. The molecule has 1 saturated carbocycles. The van der Waals surface area contributed by atoms with Gasteiger partial charge in [0.05, 0.1) is 17.7 Å². The molecule has 0 atom stereocenters. The first-order valence-corrected chi connectivity index (χ1v) is 12.9. The number of aromatic nitrogens is 1. The minimum absolute atomic E-state index is 0.0962. The molecule has 184 valence electrons. The molecular weight excluding hydrogens is 464 g/mol. The lowest BCUT2D eigenvalue weighted by molar-refractivity contribution is -0.122. The van der Waals surface area contributed by atoms with Gasteiger partial charge in [-0.25, -0.2) is 4.98 Å². The van der Waals surface area contributed by atoms with Gasteiger partial charge in [0.15, 0.2) is 0 Å². The zero-order valence-corrected chi connectivity index (χ0v) is 20.6. The second kappa shape index (κ2) is 8.80. The minimum Gasteiger partial charge on any atom is -0.491 e. The minimum atomic E-state index is -0.466. The quantitative estimate of drug-likeness (QED) is 0.656. The number of aliphatic hydroxyl groups excluding tert-OH is 1. The molecule has 1 aromatic carbocycles. The summed E-state index contributed by atoms with van der Waals surface area (Å²) >= 11 is 6.23. The van der Waals surface area contributed by atoms with Gasteiger partial charge in [-0.1, -0.05) is 18.2 Å². The molecule has 1 aromatic heterocycles. The van der Waals surface area contributed by atoms with Crippen molar-refractivity contribution in [1.29, 1.82) is 0 Å². The van der Waals surface area contributed by atoms with E-state index in [4.69, 9.17) is 21.3 Å². The van der Waals surface area contributed by atoms with Gasteiger partial charge in [0.1, 0.15) is 18.2 Å². The van der Waals surface area contributed by atoms with Gasteiger partial charge in [-0.15, -0.1) is 0 Å². The zero-order valence-electron chi connectivity index (χ0n) is 19.8. The molecule has 1 amide bonds. The Bertz CT molecular complexity index is 1170. The van der Waals surface area contributed by atoms with Crippen molar-refractivity contribution in [3.63, 3.8) is 0 Å². The summed E-state index contributed by atoms with van der Waals surface area (Å²) in [6.07, 6.45) is 6.51. The van der Waals surface area contributed by atoms with Crippen LogP contribution in [0.3, 0.4) is 0 Å². The first-order chi connectivity index (χ1) is 16.9. The molecule has 1 spiro atoms. The molecule has 4 aliphatic rings. The van der Waals surface area contributed by atoms with Crippen LogP contribution in [0.1, 0.15) is 43.2 Å². The number of ether oxygens (including phenoxy) is 1. The van der Waals surface area contributed by atoms with Crippen LogP contribution in [0.5, 0.6) is 5.75 Å². The van der Waals surface area contributed by atoms with E-state index in [0.29, 0.717) is 17.7 Å². The van der Waals surface area contributed by atoms with Crippen molar-refractivity contribution in [2.75, 3.05) is 36.5 Å². The summed E-state index contributed by atoms with van der Waals surface area (Å²) < 4.78 is 6.08. The van der Waals surface area contributed by atoms with Crippen molar-refractivity contribution in [1.82, 2.24) is 9.88 Å². The molecule has 8 heteroatoms. The normalized spacial score (nSPS) is 25.1. The van der Waals surface area contributed by atoms with Crippen molar-refractivity contribution in [3.05, 3.63) is 58.9 Å². The number of nitrogens with zero attached hydrogens (tertiary/aromatic N) is 3. The third-order valence-electron chi connectivity index (χ3n) is 8.19. The number of nitrogens with one attached hydrogen (secondary N) is 1. The van der Waals surface area contributed by atoms with E-state index in [2.05, 4.69) is 27.8 Å². The maximum absolute atomic E-state index is 12.8. The molecule has 4 heterocycles. The van der Waals surface area contributed by atoms with Gasteiger partial charge in [-0.05, 0) is 87.0 Å². The van der Waals surface area contributed by atoms with E-state index in [9.17, 15) is 9.90 Å². The monoisotopic (exact) mass is 494 g/mol. The summed E-state index contributed by atoms with van der Waals surface area (Å²) in [6.45, 7) is 7.30. The molecule has 0 unspecified atom stereocenters. The fourth-order valence-corrected chi connectivity index (χ4v) is 6.22. The van der Waals surface area contributed by atoms with Gasteiger partial charge in [0, 0.05) is 29.0 Å². The van der Waals surface area contributed by atoms with E-state index in [-0.39, 0.29) is 12.0 Å². The largest absolute Gasteiger partial charge is 0.491 e. The summed E-state index contributed by atoms with van der Waals surface area (Å²) in [5.74, 6) is 1.85. The number of allylic oxidation sites excluding steroid dienone is 1. The van der Waals surface area contributed by atoms with Crippen molar-refractivity contribution < 1.29 is 14.6 Å². The van der Waals surface area contributed by atoms with E-state index >= 15 is 0 Å². The van der Waals surface area contributed by atoms with Gasteiger partial charge in [0.2, 0.25) is 5.91 Å². The molecule has 7 nitrogen and oxygen atoms in total. The molecule has 2 aromatic rings. The van der Waals surface area contributed by atoms with Gasteiger partial charge in [-0.2, -0.15) is 0 Å². The maximum Gasteiger partial charge on any atom is 0.235 e. The lowest BCUT2D eigenvalue weighted by Gasteiger charge is -2.44. The molecule has 0 bridgehead atoms. The Morgan fingerprint density at radius 1 is 1.23 bits per heavy atom. The summed E-state index contributed by atoms with van der Waals surface area (Å²) in [7, 11) is 0. The SMILES string of the molecule is C=C1CCc2cc(OCCN3CCC4(CC3)C(=O)Nc3ccc(Cl)cc34)cnc2N1[C@H]1C[C@@H](O)C1. The highest BCUT2D eigenvalue weighted by Gasteiger charge is 2.48. The van der Waals surface area contributed by atoms with Crippen LogP contribution in [0.2, 0.25) is 5.02 Å². The van der Waals surface area contributed by atoms with Crippen LogP contribution in [0.25, 0.3) is 0 Å². The van der Waals surface area contributed by atoms with Crippen LogP contribution in [0.4, 0.5) is 11.5 Å². The number of benzene rings is 1. The average Bonchev–Trinajstić information content (AvgIpc) is 3.09. The van der Waals surface area contributed by atoms with E-state index < -0.39 is 5.41 Å².